The van der Waals surface area contributed by atoms with Crippen molar-refractivity contribution in [1.82, 2.24) is 10.2 Å². The third-order valence-corrected chi connectivity index (χ3v) is 4.21. The molecule has 1 heterocycles. The van der Waals surface area contributed by atoms with Gasteiger partial charge in [-0.25, -0.2) is 0 Å². The Morgan fingerprint density at radius 2 is 1.70 bits per heavy atom. The van der Waals surface area contributed by atoms with E-state index in [4.69, 9.17) is 0 Å². The Morgan fingerprint density at radius 1 is 0.950 bits per heavy atom. The van der Waals surface area contributed by atoms with Crippen LogP contribution in [0.5, 0.6) is 0 Å². The number of benzene rings is 1. The molecule has 2 nitrogen and oxygen atoms in total. The molecule has 0 saturated heterocycles. The van der Waals surface area contributed by atoms with Crippen LogP contribution in [0.15, 0.2) is 24.3 Å². The first-order valence-electron chi connectivity index (χ1n) is 8.29. The monoisotopic (exact) mass is 272 g/mol. The third-order valence-electron chi connectivity index (χ3n) is 4.21. The second-order valence-electron chi connectivity index (χ2n) is 5.84. The van der Waals surface area contributed by atoms with Crippen LogP contribution in [0.1, 0.15) is 76.8 Å². The highest BCUT2D eigenvalue weighted by atomic mass is 15.1. The van der Waals surface area contributed by atoms with Crippen LogP contribution in [-0.4, -0.2) is 10.2 Å². The van der Waals surface area contributed by atoms with Crippen LogP contribution < -0.4 is 0 Å². The summed E-state index contributed by atoms with van der Waals surface area (Å²) < 4.78 is 0. The van der Waals surface area contributed by atoms with Crippen LogP contribution in [-0.2, 0) is 0 Å². The van der Waals surface area contributed by atoms with Crippen LogP contribution in [0.25, 0.3) is 10.9 Å². The Balaban J connectivity index is 2.08. The molecule has 0 amide bonds. The summed E-state index contributed by atoms with van der Waals surface area (Å²) in [7, 11) is 0. The first-order chi connectivity index (χ1) is 9.86. The van der Waals surface area contributed by atoms with E-state index in [1.165, 1.54) is 62.4 Å². The van der Waals surface area contributed by atoms with Crippen molar-refractivity contribution in [2.24, 2.45) is 0 Å². The number of H-pyrrole nitrogens is 1. The number of rotatable bonds is 9. The Bertz CT molecular complexity index is 501. The van der Waals surface area contributed by atoms with Crippen molar-refractivity contribution in [3.8, 4) is 0 Å². The predicted molar refractivity (Wildman–Crippen MR) is 87.1 cm³/mol. The lowest BCUT2D eigenvalue weighted by molar-refractivity contribution is 0.501. The standard InChI is InChI=1S/C18H28N2/c1-3-5-7-8-12-15(11-6-4-2)18-16-13-9-10-14-17(16)19-20-18/h9-10,13-15H,3-8,11-12H2,1-2H3,(H,19,20). The van der Waals surface area contributed by atoms with Crippen LogP contribution in [0.2, 0.25) is 0 Å². The molecule has 1 aromatic heterocycles. The van der Waals surface area contributed by atoms with Gasteiger partial charge < -0.3 is 0 Å². The zero-order chi connectivity index (χ0) is 14.2. The molecule has 2 rings (SSSR count). The predicted octanol–water partition coefficient (Wildman–Crippen LogP) is 5.81. The summed E-state index contributed by atoms with van der Waals surface area (Å²) in [6.07, 6.45) is 10.6. The van der Waals surface area contributed by atoms with E-state index in [0.717, 1.165) is 5.52 Å². The largest absolute Gasteiger partial charge is 0.281 e. The number of para-hydroxylation sites is 1. The van der Waals surface area contributed by atoms with Crippen molar-refractivity contribution in [1.29, 1.82) is 0 Å². The van der Waals surface area contributed by atoms with E-state index in [1.807, 2.05) is 0 Å². The number of hydrogen-bond donors (Lipinski definition) is 1. The van der Waals surface area contributed by atoms with E-state index in [2.05, 4.69) is 48.3 Å². The zero-order valence-electron chi connectivity index (χ0n) is 13.0. The molecule has 1 N–H and O–H groups in total. The fraction of sp³-hybridized carbons (Fsp3) is 0.611. The van der Waals surface area contributed by atoms with Gasteiger partial charge in [-0.05, 0) is 18.9 Å². The van der Waals surface area contributed by atoms with Crippen LogP contribution in [0, 0.1) is 0 Å². The Hall–Kier alpha value is -1.31. The van der Waals surface area contributed by atoms with Crippen molar-refractivity contribution in [2.45, 2.75) is 71.1 Å². The van der Waals surface area contributed by atoms with Crippen molar-refractivity contribution in [2.75, 3.05) is 0 Å². The summed E-state index contributed by atoms with van der Waals surface area (Å²) in [6.45, 7) is 4.55. The molecule has 0 spiro atoms. The number of aromatic nitrogens is 2. The first-order valence-corrected chi connectivity index (χ1v) is 8.29. The lowest BCUT2D eigenvalue weighted by Gasteiger charge is -2.15. The number of nitrogens with one attached hydrogen (secondary N) is 1. The fourth-order valence-electron chi connectivity index (χ4n) is 2.99. The Morgan fingerprint density at radius 3 is 2.50 bits per heavy atom. The maximum Gasteiger partial charge on any atom is 0.0923 e. The molecule has 20 heavy (non-hydrogen) atoms. The topological polar surface area (TPSA) is 28.7 Å². The highest BCUT2D eigenvalue weighted by Gasteiger charge is 2.16. The third kappa shape index (κ3) is 3.84. The van der Waals surface area contributed by atoms with E-state index in [-0.39, 0.29) is 0 Å². The average molecular weight is 272 g/mol. The van der Waals surface area contributed by atoms with Crippen molar-refractivity contribution >= 4 is 10.9 Å². The number of unbranched alkanes of at least 4 members (excludes halogenated alkanes) is 4. The molecule has 0 saturated carbocycles. The van der Waals surface area contributed by atoms with Gasteiger partial charge in [0, 0.05) is 17.0 Å². The molecule has 0 aliphatic carbocycles. The van der Waals surface area contributed by atoms with E-state index in [9.17, 15) is 0 Å². The Labute approximate surface area is 123 Å². The highest BCUT2D eigenvalue weighted by molar-refractivity contribution is 5.81. The van der Waals surface area contributed by atoms with Gasteiger partial charge in [0.05, 0.1) is 5.52 Å². The van der Waals surface area contributed by atoms with Gasteiger partial charge in [0.15, 0.2) is 0 Å². The fourth-order valence-corrected chi connectivity index (χ4v) is 2.99. The summed E-state index contributed by atoms with van der Waals surface area (Å²) in [5.41, 5.74) is 2.48. The van der Waals surface area contributed by atoms with Crippen molar-refractivity contribution < 1.29 is 0 Å². The minimum atomic E-state index is 0.652. The number of hydrogen-bond acceptors (Lipinski definition) is 1. The summed E-state index contributed by atoms with van der Waals surface area (Å²) in [6, 6.07) is 8.49. The van der Waals surface area contributed by atoms with E-state index in [1.54, 1.807) is 0 Å². The number of aromatic amines is 1. The summed E-state index contributed by atoms with van der Waals surface area (Å²) in [5.74, 6) is 0.652. The molecular formula is C18H28N2. The normalized spacial score (nSPS) is 12.9. The van der Waals surface area contributed by atoms with Crippen molar-refractivity contribution in [3.63, 3.8) is 0 Å². The maximum atomic E-state index is 4.47. The minimum Gasteiger partial charge on any atom is -0.281 e. The Kier molecular flexibility index (Phi) is 6.10. The second kappa shape index (κ2) is 8.08. The molecule has 110 valence electrons. The van der Waals surface area contributed by atoms with Gasteiger partial charge >= 0.3 is 0 Å². The highest BCUT2D eigenvalue weighted by Crippen LogP contribution is 2.31. The minimum absolute atomic E-state index is 0.652. The smallest absolute Gasteiger partial charge is 0.0923 e. The van der Waals surface area contributed by atoms with Gasteiger partial charge in [0.2, 0.25) is 0 Å². The average Bonchev–Trinajstić information content (AvgIpc) is 2.91. The molecule has 1 atom stereocenters. The van der Waals surface area contributed by atoms with E-state index >= 15 is 0 Å². The van der Waals surface area contributed by atoms with E-state index in [0.29, 0.717) is 5.92 Å². The number of nitrogens with zero attached hydrogens (tertiary/aromatic N) is 1. The molecule has 0 radical (unpaired) electrons. The zero-order valence-corrected chi connectivity index (χ0v) is 13.0. The lowest BCUT2D eigenvalue weighted by atomic mass is 9.90. The van der Waals surface area contributed by atoms with Gasteiger partial charge in [-0.15, -0.1) is 0 Å². The second-order valence-corrected chi connectivity index (χ2v) is 5.84. The van der Waals surface area contributed by atoms with Crippen LogP contribution in [0.4, 0.5) is 0 Å². The van der Waals surface area contributed by atoms with Gasteiger partial charge in [-0.3, -0.25) is 5.10 Å². The SMILES string of the molecule is CCCCCCC(CCCC)c1[nH]nc2ccccc12. The van der Waals surface area contributed by atoms with Crippen molar-refractivity contribution in [3.05, 3.63) is 30.0 Å². The quantitative estimate of drug-likeness (QED) is 0.573. The summed E-state index contributed by atoms with van der Waals surface area (Å²) in [4.78, 5) is 0. The maximum absolute atomic E-state index is 4.47. The molecule has 2 aromatic rings. The molecule has 2 heteroatoms. The van der Waals surface area contributed by atoms with Gasteiger partial charge in [0.25, 0.3) is 0 Å². The van der Waals surface area contributed by atoms with Gasteiger partial charge in [0.1, 0.15) is 0 Å². The molecule has 1 aromatic carbocycles. The lowest BCUT2D eigenvalue weighted by Crippen LogP contribution is -2.01. The molecular weight excluding hydrogens is 244 g/mol. The number of fused-ring (bicyclic) bond motifs is 1. The summed E-state index contributed by atoms with van der Waals surface area (Å²) >= 11 is 0. The van der Waals surface area contributed by atoms with Gasteiger partial charge in [-0.1, -0.05) is 70.6 Å². The summed E-state index contributed by atoms with van der Waals surface area (Å²) in [5, 5.41) is 9.10. The van der Waals surface area contributed by atoms with Crippen LogP contribution >= 0.6 is 0 Å². The molecule has 0 bridgehead atoms. The molecule has 1 unspecified atom stereocenters. The molecule has 0 fully saturated rings. The molecule has 0 aliphatic rings. The van der Waals surface area contributed by atoms with E-state index < -0.39 is 0 Å². The first kappa shape index (κ1) is 15.1. The van der Waals surface area contributed by atoms with Crippen LogP contribution in [0.3, 0.4) is 0 Å². The molecule has 0 aliphatic heterocycles. The van der Waals surface area contributed by atoms with Gasteiger partial charge in [-0.2, -0.15) is 5.10 Å².